The van der Waals surface area contributed by atoms with Crippen LogP contribution in [-0.2, 0) is 30.2 Å². The molecule has 0 aliphatic heterocycles. The summed E-state index contributed by atoms with van der Waals surface area (Å²) in [6.07, 6.45) is 2.57. The van der Waals surface area contributed by atoms with Crippen LogP contribution in [-0.4, -0.2) is 80.7 Å². The molecule has 4 aromatic carbocycles. The van der Waals surface area contributed by atoms with Crippen LogP contribution in [0.15, 0.2) is 150 Å². The molecule has 0 radical (unpaired) electrons. The van der Waals surface area contributed by atoms with E-state index in [2.05, 4.69) is 35.5 Å². The number of hydrogen-bond acceptors (Lipinski definition) is 14. The van der Waals surface area contributed by atoms with E-state index in [4.69, 9.17) is 19.7 Å². The van der Waals surface area contributed by atoms with Crippen LogP contribution < -0.4 is 25.5 Å². The first kappa shape index (κ1) is 47.8. The number of ether oxygens (including phenoxy) is 2. The van der Waals surface area contributed by atoms with Gasteiger partial charge in [-0.05, 0) is 66.3 Å². The first-order valence-corrected chi connectivity index (χ1v) is 21.4. The molecule has 2 unspecified atom stereocenters. The molecule has 0 saturated carbocycles. The number of hydrogen-bond donors (Lipinski definition) is 6. The van der Waals surface area contributed by atoms with E-state index in [9.17, 15) is 29.4 Å². The van der Waals surface area contributed by atoms with Crippen LogP contribution in [0.3, 0.4) is 0 Å². The Kier molecular flexibility index (Phi) is 18.1. The van der Waals surface area contributed by atoms with Crippen molar-refractivity contribution in [2.24, 2.45) is 5.10 Å². The molecule has 18 heteroatoms. The van der Waals surface area contributed by atoms with Gasteiger partial charge in [-0.3, -0.25) is 19.8 Å². The SMILES string of the molecule is O=C(O)CC(NC(=O)c1cccc(NN=Cc2ccccc2SOOO)n1)C(=O)NC(Cc1ccccc1OCCCCCOc1cc(-c2ccccc2)cc(-c2ccccc2)n1)C(=O)O. The van der Waals surface area contributed by atoms with E-state index in [0.29, 0.717) is 47.3 Å². The zero-order valence-corrected chi connectivity index (χ0v) is 36.1. The molecule has 0 fully saturated rings. The smallest absolute Gasteiger partial charge is 0.326 e. The number of aliphatic carboxylic acids is 2. The van der Waals surface area contributed by atoms with Gasteiger partial charge in [0.15, 0.2) is 0 Å². The van der Waals surface area contributed by atoms with Gasteiger partial charge >= 0.3 is 11.9 Å². The second-order valence-electron chi connectivity index (χ2n) is 14.4. The van der Waals surface area contributed by atoms with E-state index in [1.807, 2.05) is 72.8 Å². The molecule has 0 saturated heterocycles. The highest BCUT2D eigenvalue weighted by Crippen LogP contribution is 2.29. The molecule has 6 rings (SSSR count). The van der Waals surface area contributed by atoms with Crippen molar-refractivity contribution in [1.82, 2.24) is 20.6 Å². The number of anilines is 1. The van der Waals surface area contributed by atoms with Crippen LogP contribution in [0.2, 0.25) is 0 Å². The van der Waals surface area contributed by atoms with Gasteiger partial charge < -0.3 is 30.3 Å². The maximum atomic E-state index is 13.4. The molecule has 340 valence electrons. The Morgan fingerprint density at radius 3 is 2.14 bits per heavy atom. The number of pyridine rings is 2. The van der Waals surface area contributed by atoms with Gasteiger partial charge in [-0.25, -0.2) is 20.0 Å². The second-order valence-corrected chi connectivity index (χ2v) is 15.2. The Bertz CT molecular complexity index is 2530. The summed E-state index contributed by atoms with van der Waals surface area (Å²) in [6.45, 7) is 0.764. The van der Waals surface area contributed by atoms with Gasteiger partial charge in [-0.15, -0.1) is 4.33 Å². The van der Waals surface area contributed by atoms with Crippen LogP contribution in [0.5, 0.6) is 11.6 Å². The lowest BCUT2D eigenvalue weighted by Gasteiger charge is -2.21. The lowest BCUT2D eigenvalue weighted by molar-refractivity contribution is -0.432. The molecule has 2 atom stereocenters. The maximum Gasteiger partial charge on any atom is 0.326 e. The fourth-order valence-electron chi connectivity index (χ4n) is 6.50. The molecule has 2 aromatic heterocycles. The topological polar surface area (TPSA) is 240 Å². The van der Waals surface area contributed by atoms with E-state index in [1.165, 1.54) is 24.4 Å². The largest absolute Gasteiger partial charge is 0.493 e. The average Bonchev–Trinajstić information content (AvgIpc) is 3.33. The summed E-state index contributed by atoms with van der Waals surface area (Å²) in [5.41, 5.74) is 7.43. The highest BCUT2D eigenvalue weighted by molar-refractivity contribution is 7.94. The third-order valence-electron chi connectivity index (χ3n) is 9.72. The number of carbonyl (C=O) groups excluding carboxylic acids is 2. The number of amides is 2. The summed E-state index contributed by atoms with van der Waals surface area (Å²) in [6, 6.07) is 38.8. The van der Waals surface area contributed by atoms with E-state index >= 15 is 0 Å². The first-order valence-electron chi connectivity index (χ1n) is 20.7. The molecule has 2 amide bonds. The Morgan fingerprint density at radius 2 is 1.39 bits per heavy atom. The zero-order valence-electron chi connectivity index (χ0n) is 35.3. The van der Waals surface area contributed by atoms with Crippen molar-refractivity contribution >= 4 is 47.8 Å². The number of nitrogens with one attached hydrogen (secondary N) is 3. The van der Waals surface area contributed by atoms with Gasteiger partial charge in [0.1, 0.15) is 29.3 Å². The third-order valence-corrected chi connectivity index (χ3v) is 10.4. The van der Waals surface area contributed by atoms with Crippen molar-refractivity contribution in [2.75, 3.05) is 18.6 Å². The summed E-state index contributed by atoms with van der Waals surface area (Å²) >= 11 is 0.745. The minimum absolute atomic E-state index is 0.135. The second kappa shape index (κ2) is 25.0. The van der Waals surface area contributed by atoms with Crippen LogP contribution in [0.25, 0.3) is 22.4 Å². The Balaban J connectivity index is 0.999. The van der Waals surface area contributed by atoms with Gasteiger partial charge in [0, 0.05) is 28.5 Å². The third kappa shape index (κ3) is 14.7. The predicted molar refractivity (Wildman–Crippen MR) is 246 cm³/mol. The monoisotopic (exact) mass is 914 g/mol. The normalized spacial score (nSPS) is 11.9. The number of rotatable bonds is 25. The fraction of sp³-hybridized carbons (Fsp3) is 0.188. The lowest BCUT2D eigenvalue weighted by atomic mass is 10.0. The molecular weight excluding hydrogens is 869 g/mol. The van der Waals surface area contributed by atoms with Crippen molar-refractivity contribution in [3.63, 3.8) is 0 Å². The number of aromatic nitrogens is 2. The Labute approximate surface area is 383 Å². The van der Waals surface area contributed by atoms with E-state index < -0.39 is 42.3 Å². The number of hydrazone groups is 1. The molecule has 2 heterocycles. The van der Waals surface area contributed by atoms with Crippen molar-refractivity contribution in [3.05, 3.63) is 156 Å². The van der Waals surface area contributed by atoms with E-state index in [1.54, 1.807) is 48.5 Å². The van der Waals surface area contributed by atoms with Crippen LogP contribution in [0, 0.1) is 0 Å². The molecule has 6 N–H and O–H groups in total. The number of carboxylic acids is 2. The average molecular weight is 915 g/mol. The summed E-state index contributed by atoms with van der Waals surface area (Å²) in [4.78, 5) is 60.4. The van der Waals surface area contributed by atoms with Crippen molar-refractivity contribution in [3.8, 4) is 34.0 Å². The maximum absolute atomic E-state index is 13.4. The number of para-hydroxylation sites is 1. The predicted octanol–water partition coefficient (Wildman–Crippen LogP) is 7.70. The van der Waals surface area contributed by atoms with Gasteiger partial charge in [-0.2, -0.15) is 5.10 Å². The molecule has 0 aliphatic rings. The Morgan fingerprint density at radius 1 is 0.697 bits per heavy atom. The van der Waals surface area contributed by atoms with E-state index in [-0.39, 0.29) is 17.9 Å². The number of unbranched alkanes of at least 4 members (excludes halogenated alkanes) is 2. The number of carbonyl (C=O) groups is 4. The van der Waals surface area contributed by atoms with Crippen molar-refractivity contribution in [2.45, 2.75) is 49.1 Å². The number of benzene rings is 4. The molecule has 0 aliphatic carbocycles. The van der Waals surface area contributed by atoms with E-state index in [0.717, 1.165) is 47.3 Å². The minimum Gasteiger partial charge on any atom is -0.493 e. The molecule has 17 nitrogen and oxygen atoms in total. The number of carboxylic acid groups (broad SMARTS) is 2. The van der Waals surface area contributed by atoms with Gasteiger partial charge in [-0.1, -0.05) is 108 Å². The summed E-state index contributed by atoms with van der Waals surface area (Å²) in [5, 5.41) is 40.7. The highest BCUT2D eigenvalue weighted by atomic mass is 32.2. The van der Waals surface area contributed by atoms with Gasteiger partial charge in [0.05, 0.1) is 43.6 Å². The Hall–Kier alpha value is -7.64. The van der Waals surface area contributed by atoms with Gasteiger partial charge in [0.25, 0.3) is 5.91 Å². The lowest BCUT2D eigenvalue weighted by Crippen LogP contribution is -2.53. The molecule has 0 spiro atoms. The molecule has 6 aromatic rings. The van der Waals surface area contributed by atoms with Crippen LogP contribution in [0.4, 0.5) is 5.82 Å². The number of nitrogens with zero attached hydrogens (tertiary/aromatic N) is 3. The summed E-state index contributed by atoms with van der Waals surface area (Å²) < 4.78 is 16.7. The molecule has 66 heavy (non-hydrogen) atoms. The molecular formula is C48H46N6O11S. The first-order chi connectivity index (χ1) is 32.2. The summed E-state index contributed by atoms with van der Waals surface area (Å²) in [5.74, 6) is -3.62. The van der Waals surface area contributed by atoms with Crippen molar-refractivity contribution < 1.29 is 53.5 Å². The quantitative estimate of drug-likeness (QED) is 0.0106. The zero-order chi connectivity index (χ0) is 46.5. The van der Waals surface area contributed by atoms with Crippen LogP contribution in [0.1, 0.15) is 47.3 Å². The van der Waals surface area contributed by atoms with Crippen molar-refractivity contribution in [1.29, 1.82) is 0 Å². The minimum atomic E-state index is -1.66. The standard InChI is InChI=1S/C48H46N6O11S/c55-45(56)30-39(52-46(57)37-21-14-24-43(50-37)54-49-31-35-20-9-11-23-42(35)66-65-64-61)47(58)53-40(48(59)60)27-34-19-8-10-22-41(34)62-25-12-3-13-26-63-44-29-36(32-15-4-1-5-16-32)28-38(51-44)33-17-6-2-7-18-33/h1-2,4-11,14-24,28-29,31,39-40,61H,3,12-13,25-27,30H2,(H,50,54)(H,52,57)(H,53,58)(H,55,56)(H,59,60). The van der Waals surface area contributed by atoms with Crippen LogP contribution >= 0.6 is 12.0 Å². The highest BCUT2D eigenvalue weighted by Gasteiger charge is 2.30. The fourth-order valence-corrected chi connectivity index (χ4v) is 6.96. The molecule has 0 bridgehead atoms. The summed E-state index contributed by atoms with van der Waals surface area (Å²) in [7, 11) is 0. The van der Waals surface area contributed by atoms with Gasteiger partial charge in [0.2, 0.25) is 11.8 Å².